The number of rotatable bonds is 3. The summed E-state index contributed by atoms with van der Waals surface area (Å²) >= 11 is 16.6. The second-order valence-corrected chi connectivity index (χ2v) is 5.75. The molecule has 0 bridgehead atoms. The molecule has 0 fully saturated rings. The Morgan fingerprint density at radius 1 is 1.25 bits per heavy atom. The number of amides is 1. The van der Waals surface area contributed by atoms with Gasteiger partial charge in [0.2, 0.25) is 0 Å². The van der Waals surface area contributed by atoms with Crippen molar-refractivity contribution in [3.63, 3.8) is 0 Å². The lowest BCUT2D eigenvalue weighted by Gasteiger charge is -2.12. The molecule has 1 amide bonds. The van der Waals surface area contributed by atoms with Gasteiger partial charge in [-0.1, -0.05) is 29.3 Å². The third-order valence-electron chi connectivity index (χ3n) is 2.82. The number of carbonyl (C=O) groups excluding carboxylic acids is 1. The summed E-state index contributed by atoms with van der Waals surface area (Å²) in [5.41, 5.74) is -0.0562. The van der Waals surface area contributed by atoms with Gasteiger partial charge in [0.25, 0.3) is 11.6 Å². The highest BCUT2D eigenvalue weighted by Gasteiger charge is 2.14. The fraction of sp³-hybridized carbons (Fsp3) is 0. The lowest BCUT2D eigenvalue weighted by atomic mass is 10.2. The summed E-state index contributed by atoms with van der Waals surface area (Å²) in [5.74, 6) is -0.933. The van der Waals surface area contributed by atoms with E-state index in [-0.39, 0.29) is 37.8 Å². The van der Waals surface area contributed by atoms with Crippen LogP contribution in [0.1, 0.15) is 10.4 Å². The van der Waals surface area contributed by atoms with Gasteiger partial charge >= 0.3 is 0 Å². The minimum atomic E-state index is -0.649. The number of nitro benzene ring substituents is 1. The number of nitrogens with one attached hydrogen (secondary N) is 2. The molecule has 0 atom stereocenters. The summed E-state index contributed by atoms with van der Waals surface area (Å²) in [6.07, 6.45) is 0. The third-order valence-corrected chi connectivity index (χ3v) is 3.53. The summed E-state index contributed by atoms with van der Waals surface area (Å²) in [4.78, 5) is 22.2. The number of hydrogen-bond acceptors (Lipinski definition) is 5. The van der Waals surface area contributed by atoms with E-state index in [1.54, 1.807) is 0 Å². The molecule has 2 aromatic carbocycles. The lowest BCUT2D eigenvalue weighted by Crippen LogP contribution is -2.34. The zero-order valence-electron chi connectivity index (χ0n) is 11.7. The maximum atomic E-state index is 12.1. The first-order valence-corrected chi connectivity index (χ1v) is 7.49. The first-order chi connectivity index (χ1) is 11.3. The van der Waals surface area contributed by atoms with Crippen LogP contribution in [-0.4, -0.2) is 21.0 Å². The highest BCUT2D eigenvalue weighted by molar-refractivity contribution is 7.80. The van der Waals surface area contributed by atoms with Crippen LogP contribution >= 0.6 is 35.4 Å². The van der Waals surface area contributed by atoms with Crippen molar-refractivity contribution in [1.29, 1.82) is 0 Å². The molecular weight excluding hydrogens is 377 g/mol. The van der Waals surface area contributed by atoms with E-state index in [0.29, 0.717) is 0 Å². The Hall–Kier alpha value is -2.42. The van der Waals surface area contributed by atoms with E-state index in [9.17, 15) is 20.0 Å². The Bertz CT molecular complexity index is 845. The fourth-order valence-electron chi connectivity index (χ4n) is 1.75. The van der Waals surface area contributed by atoms with Gasteiger partial charge in [0.1, 0.15) is 0 Å². The second kappa shape index (κ2) is 7.43. The molecule has 0 aliphatic carbocycles. The van der Waals surface area contributed by atoms with Crippen molar-refractivity contribution in [2.45, 2.75) is 0 Å². The van der Waals surface area contributed by atoms with E-state index in [1.165, 1.54) is 30.3 Å². The van der Waals surface area contributed by atoms with Gasteiger partial charge in [-0.15, -0.1) is 0 Å². The Balaban J connectivity index is 2.11. The zero-order chi connectivity index (χ0) is 17.9. The summed E-state index contributed by atoms with van der Waals surface area (Å²) in [5, 5.41) is 25.6. The van der Waals surface area contributed by atoms with Gasteiger partial charge in [0.05, 0.1) is 15.6 Å². The smallest absolute Gasteiger partial charge is 0.270 e. The van der Waals surface area contributed by atoms with Crippen LogP contribution in [0.4, 0.5) is 11.4 Å². The number of aromatic hydroxyl groups is 1. The number of hydrogen-bond donors (Lipinski definition) is 3. The molecule has 0 saturated heterocycles. The van der Waals surface area contributed by atoms with E-state index >= 15 is 0 Å². The van der Waals surface area contributed by atoms with Crippen molar-refractivity contribution in [2.75, 3.05) is 5.32 Å². The first-order valence-electron chi connectivity index (χ1n) is 6.32. The average molecular weight is 386 g/mol. The molecule has 0 aliphatic heterocycles. The molecular formula is C14H9Cl2N3O4S. The lowest BCUT2D eigenvalue weighted by molar-refractivity contribution is -0.384. The number of carbonyl (C=O) groups is 1. The van der Waals surface area contributed by atoms with E-state index in [2.05, 4.69) is 10.6 Å². The van der Waals surface area contributed by atoms with Crippen LogP contribution in [0.5, 0.6) is 5.75 Å². The van der Waals surface area contributed by atoms with Crippen LogP contribution in [0.2, 0.25) is 10.0 Å². The Morgan fingerprint density at radius 2 is 1.96 bits per heavy atom. The first kappa shape index (κ1) is 17.9. The average Bonchev–Trinajstić information content (AvgIpc) is 2.52. The summed E-state index contributed by atoms with van der Waals surface area (Å²) in [6.45, 7) is 0. The molecule has 0 heterocycles. The number of phenols is 1. The molecule has 0 aromatic heterocycles. The molecule has 0 saturated carbocycles. The van der Waals surface area contributed by atoms with E-state index in [0.717, 1.165) is 6.07 Å². The molecule has 0 unspecified atom stereocenters. The van der Waals surface area contributed by atoms with Crippen molar-refractivity contribution in [3.05, 3.63) is 62.1 Å². The number of nitro groups is 1. The van der Waals surface area contributed by atoms with Gasteiger partial charge in [0.15, 0.2) is 10.9 Å². The number of phenolic OH excluding ortho intramolecular Hbond substituents is 1. The van der Waals surface area contributed by atoms with Gasteiger partial charge in [-0.05, 0) is 30.4 Å². The van der Waals surface area contributed by atoms with Gasteiger partial charge in [0, 0.05) is 22.7 Å². The maximum absolute atomic E-state index is 12.1. The van der Waals surface area contributed by atoms with Crippen LogP contribution < -0.4 is 10.6 Å². The highest BCUT2D eigenvalue weighted by atomic mass is 35.5. The fourth-order valence-corrected chi connectivity index (χ4v) is 2.45. The van der Waals surface area contributed by atoms with Crippen LogP contribution in [0.25, 0.3) is 0 Å². The molecule has 2 aromatic rings. The quantitative estimate of drug-likeness (QED) is 0.321. The number of benzene rings is 2. The number of thiocarbonyl (C=S) groups is 1. The van der Waals surface area contributed by atoms with E-state index < -0.39 is 10.8 Å². The van der Waals surface area contributed by atoms with E-state index in [1.807, 2.05) is 0 Å². The molecule has 0 aliphatic rings. The van der Waals surface area contributed by atoms with Crippen molar-refractivity contribution >= 4 is 57.8 Å². The molecule has 0 spiro atoms. The SMILES string of the molecule is O=C(NC(=S)Nc1cc(Cl)cc(Cl)c1O)c1cccc([N+](=O)[O-])c1. The predicted octanol–water partition coefficient (Wildman–Crippen LogP) is 3.73. The zero-order valence-corrected chi connectivity index (χ0v) is 14.1. The molecule has 3 N–H and O–H groups in total. The predicted molar refractivity (Wildman–Crippen MR) is 94.9 cm³/mol. The summed E-state index contributed by atoms with van der Waals surface area (Å²) in [6, 6.07) is 7.87. The molecule has 24 heavy (non-hydrogen) atoms. The van der Waals surface area contributed by atoms with Gasteiger partial charge in [-0.2, -0.15) is 0 Å². The number of non-ortho nitro benzene ring substituents is 1. The maximum Gasteiger partial charge on any atom is 0.270 e. The highest BCUT2D eigenvalue weighted by Crippen LogP contribution is 2.34. The molecule has 10 heteroatoms. The molecule has 2 rings (SSSR count). The van der Waals surface area contributed by atoms with Crippen molar-refractivity contribution in [2.24, 2.45) is 0 Å². The normalized spacial score (nSPS) is 10.1. The van der Waals surface area contributed by atoms with Gasteiger partial charge < -0.3 is 10.4 Å². The van der Waals surface area contributed by atoms with Crippen LogP contribution in [0, 0.1) is 10.1 Å². The standard InChI is InChI=1S/C14H9Cl2N3O4S/c15-8-5-10(16)12(20)11(6-8)17-14(24)18-13(21)7-2-1-3-9(4-7)19(22)23/h1-6,20H,(H2,17,18,21,24). The second-order valence-electron chi connectivity index (χ2n) is 4.50. The molecule has 7 nitrogen and oxygen atoms in total. The summed E-state index contributed by atoms with van der Waals surface area (Å²) in [7, 11) is 0. The van der Waals surface area contributed by atoms with Gasteiger partial charge in [-0.25, -0.2) is 0 Å². The number of anilines is 1. The topological polar surface area (TPSA) is 104 Å². The molecule has 124 valence electrons. The van der Waals surface area contributed by atoms with Crippen molar-refractivity contribution in [1.82, 2.24) is 5.32 Å². The number of nitrogens with zero attached hydrogens (tertiary/aromatic N) is 1. The largest absolute Gasteiger partial charge is 0.504 e. The minimum absolute atomic E-state index is 0.0119. The Morgan fingerprint density at radius 3 is 2.62 bits per heavy atom. The molecule has 0 radical (unpaired) electrons. The van der Waals surface area contributed by atoms with Gasteiger partial charge in [-0.3, -0.25) is 20.2 Å². The summed E-state index contributed by atoms with van der Waals surface area (Å²) < 4.78 is 0. The van der Waals surface area contributed by atoms with Crippen molar-refractivity contribution < 1.29 is 14.8 Å². The van der Waals surface area contributed by atoms with E-state index in [4.69, 9.17) is 35.4 Å². The van der Waals surface area contributed by atoms with Crippen LogP contribution in [0.15, 0.2) is 36.4 Å². The van der Waals surface area contributed by atoms with Crippen LogP contribution in [-0.2, 0) is 0 Å². The van der Waals surface area contributed by atoms with Crippen LogP contribution in [0.3, 0.4) is 0 Å². The Kier molecular flexibility index (Phi) is 5.55. The third kappa shape index (κ3) is 4.31. The number of halogens is 2. The van der Waals surface area contributed by atoms with Crippen molar-refractivity contribution in [3.8, 4) is 5.75 Å². The minimum Gasteiger partial charge on any atom is -0.504 e. The Labute approximate surface area is 151 Å². The monoisotopic (exact) mass is 385 g/mol.